The van der Waals surface area contributed by atoms with Crippen LogP contribution in [0.15, 0.2) is 18.2 Å². The van der Waals surface area contributed by atoms with Gasteiger partial charge < -0.3 is 15.0 Å². The van der Waals surface area contributed by atoms with Gasteiger partial charge in [0, 0.05) is 19.7 Å². The minimum Gasteiger partial charge on any atom is -0.379 e. The van der Waals surface area contributed by atoms with Crippen molar-refractivity contribution in [2.24, 2.45) is 0 Å². The molecule has 0 saturated carbocycles. The molecular formula is C16H25ClN2O. The van der Waals surface area contributed by atoms with Crippen LogP contribution in [-0.4, -0.2) is 32.8 Å². The zero-order chi connectivity index (χ0) is 14.5. The molecule has 1 heterocycles. The highest BCUT2D eigenvalue weighted by atomic mass is 35.5. The van der Waals surface area contributed by atoms with Crippen LogP contribution in [0, 0.1) is 0 Å². The van der Waals surface area contributed by atoms with Crippen molar-refractivity contribution in [1.82, 2.24) is 5.32 Å². The molecule has 1 saturated heterocycles. The molecule has 0 amide bonds. The Morgan fingerprint density at radius 3 is 2.90 bits per heavy atom. The number of nitrogens with zero attached hydrogens (tertiary/aromatic N) is 1. The number of ether oxygens (including phenoxy) is 1. The summed E-state index contributed by atoms with van der Waals surface area (Å²) in [5, 5.41) is 4.31. The van der Waals surface area contributed by atoms with Crippen molar-refractivity contribution in [1.29, 1.82) is 0 Å². The minimum atomic E-state index is 0.335. The van der Waals surface area contributed by atoms with Gasteiger partial charge in [-0.15, -0.1) is 0 Å². The summed E-state index contributed by atoms with van der Waals surface area (Å²) in [5.41, 5.74) is 2.33. The lowest BCUT2D eigenvalue weighted by atomic mass is 10.1. The van der Waals surface area contributed by atoms with Crippen LogP contribution in [0.2, 0.25) is 5.02 Å². The van der Waals surface area contributed by atoms with Crippen molar-refractivity contribution in [3.63, 3.8) is 0 Å². The molecule has 0 spiro atoms. The summed E-state index contributed by atoms with van der Waals surface area (Å²) in [7, 11) is 2.10. The fourth-order valence-corrected chi connectivity index (χ4v) is 2.90. The van der Waals surface area contributed by atoms with Gasteiger partial charge in [0.05, 0.1) is 23.4 Å². The number of halogens is 1. The summed E-state index contributed by atoms with van der Waals surface area (Å²) in [4.78, 5) is 2.24. The van der Waals surface area contributed by atoms with E-state index in [2.05, 4.69) is 49.3 Å². The number of rotatable bonds is 6. The number of nitrogens with one attached hydrogen (secondary N) is 1. The molecule has 1 aliphatic rings. The molecule has 20 heavy (non-hydrogen) atoms. The van der Waals surface area contributed by atoms with Crippen LogP contribution in [-0.2, 0) is 4.74 Å². The van der Waals surface area contributed by atoms with Crippen LogP contribution in [0.4, 0.5) is 5.69 Å². The standard InChI is InChI=1S/C16H25ClN2O/c1-4-8-18-12(2)13-5-6-16(15(17)10-13)19(3)14-7-9-20-11-14/h5-6,10,12,14,18H,4,7-9,11H2,1-3H3. The van der Waals surface area contributed by atoms with E-state index in [1.54, 1.807) is 0 Å². The third-order valence-corrected chi connectivity index (χ3v) is 4.31. The van der Waals surface area contributed by atoms with Crippen molar-refractivity contribution < 1.29 is 4.74 Å². The zero-order valence-electron chi connectivity index (χ0n) is 12.7. The van der Waals surface area contributed by atoms with Gasteiger partial charge in [0.25, 0.3) is 0 Å². The normalized spacial score (nSPS) is 20.1. The van der Waals surface area contributed by atoms with E-state index in [0.29, 0.717) is 12.1 Å². The molecule has 4 heteroatoms. The summed E-state index contributed by atoms with van der Waals surface area (Å²) in [6.07, 6.45) is 2.21. The topological polar surface area (TPSA) is 24.5 Å². The number of anilines is 1. The summed E-state index contributed by atoms with van der Waals surface area (Å²) >= 11 is 6.47. The van der Waals surface area contributed by atoms with Gasteiger partial charge in [0.2, 0.25) is 0 Å². The lowest BCUT2D eigenvalue weighted by molar-refractivity contribution is 0.193. The van der Waals surface area contributed by atoms with Gasteiger partial charge in [-0.3, -0.25) is 0 Å². The fraction of sp³-hybridized carbons (Fsp3) is 0.625. The molecule has 112 valence electrons. The first-order valence-corrected chi connectivity index (χ1v) is 7.84. The van der Waals surface area contributed by atoms with E-state index in [-0.39, 0.29) is 0 Å². The van der Waals surface area contributed by atoms with Crippen LogP contribution in [0.25, 0.3) is 0 Å². The van der Waals surface area contributed by atoms with Crippen molar-refractivity contribution in [2.75, 3.05) is 31.7 Å². The van der Waals surface area contributed by atoms with Crippen molar-refractivity contribution in [3.8, 4) is 0 Å². The van der Waals surface area contributed by atoms with E-state index in [1.165, 1.54) is 5.56 Å². The Morgan fingerprint density at radius 1 is 1.50 bits per heavy atom. The molecule has 3 nitrogen and oxygen atoms in total. The number of hydrogen-bond acceptors (Lipinski definition) is 3. The van der Waals surface area contributed by atoms with E-state index in [4.69, 9.17) is 16.3 Å². The number of benzene rings is 1. The minimum absolute atomic E-state index is 0.335. The first kappa shape index (κ1) is 15.6. The Balaban J connectivity index is 2.08. The van der Waals surface area contributed by atoms with Crippen LogP contribution in [0.5, 0.6) is 0 Å². The van der Waals surface area contributed by atoms with Crippen LogP contribution >= 0.6 is 11.6 Å². The van der Waals surface area contributed by atoms with E-state index in [0.717, 1.165) is 43.3 Å². The molecule has 2 atom stereocenters. The molecule has 1 aliphatic heterocycles. The summed E-state index contributed by atoms with van der Waals surface area (Å²) in [6, 6.07) is 7.15. The SMILES string of the molecule is CCCNC(C)c1ccc(N(C)C2CCOC2)c(Cl)c1. The highest BCUT2D eigenvalue weighted by Gasteiger charge is 2.22. The molecule has 0 bridgehead atoms. The van der Waals surface area contributed by atoms with Gasteiger partial charge in [-0.2, -0.15) is 0 Å². The van der Waals surface area contributed by atoms with Crippen LogP contribution in [0.3, 0.4) is 0 Å². The highest BCUT2D eigenvalue weighted by Crippen LogP contribution is 2.30. The van der Waals surface area contributed by atoms with Gasteiger partial charge in [-0.05, 0) is 44.0 Å². The van der Waals surface area contributed by atoms with E-state index < -0.39 is 0 Å². The number of likely N-dealkylation sites (N-methyl/N-ethyl adjacent to an activating group) is 1. The maximum Gasteiger partial charge on any atom is 0.0670 e. The first-order chi connectivity index (χ1) is 9.63. The first-order valence-electron chi connectivity index (χ1n) is 7.47. The van der Waals surface area contributed by atoms with Crippen LogP contribution in [0.1, 0.15) is 38.3 Å². The van der Waals surface area contributed by atoms with Crippen molar-refractivity contribution in [2.45, 2.75) is 38.8 Å². The quantitative estimate of drug-likeness (QED) is 0.867. The van der Waals surface area contributed by atoms with Crippen molar-refractivity contribution >= 4 is 17.3 Å². The Morgan fingerprint density at radius 2 is 2.30 bits per heavy atom. The van der Waals surface area contributed by atoms with Gasteiger partial charge in [0.1, 0.15) is 0 Å². The van der Waals surface area contributed by atoms with Gasteiger partial charge in [-0.1, -0.05) is 24.6 Å². The lowest BCUT2D eigenvalue weighted by Gasteiger charge is -2.27. The van der Waals surface area contributed by atoms with Crippen molar-refractivity contribution in [3.05, 3.63) is 28.8 Å². The maximum atomic E-state index is 6.47. The second-order valence-electron chi connectivity index (χ2n) is 5.51. The third kappa shape index (κ3) is 3.66. The maximum absolute atomic E-state index is 6.47. The van der Waals surface area contributed by atoms with Crippen LogP contribution < -0.4 is 10.2 Å². The monoisotopic (exact) mass is 296 g/mol. The third-order valence-electron chi connectivity index (χ3n) is 4.01. The van der Waals surface area contributed by atoms with Gasteiger partial charge >= 0.3 is 0 Å². The predicted octanol–water partition coefficient (Wildman–Crippen LogP) is 3.63. The average molecular weight is 297 g/mol. The molecule has 0 radical (unpaired) electrons. The Hall–Kier alpha value is -0.770. The largest absolute Gasteiger partial charge is 0.379 e. The zero-order valence-corrected chi connectivity index (χ0v) is 13.4. The number of hydrogen-bond donors (Lipinski definition) is 1. The van der Waals surface area contributed by atoms with E-state index >= 15 is 0 Å². The van der Waals surface area contributed by atoms with Gasteiger partial charge in [-0.25, -0.2) is 0 Å². The lowest BCUT2D eigenvalue weighted by Crippen LogP contribution is -2.32. The molecule has 0 aromatic heterocycles. The molecule has 2 rings (SSSR count). The molecule has 1 N–H and O–H groups in total. The molecule has 1 aromatic rings. The fourth-order valence-electron chi connectivity index (χ4n) is 2.58. The van der Waals surface area contributed by atoms with E-state index in [1.807, 2.05) is 0 Å². The Kier molecular flexibility index (Phi) is 5.70. The summed E-state index contributed by atoms with van der Waals surface area (Å²) < 4.78 is 5.45. The molecule has 1 aromatic carbocycles. The Labute approximate surface area is 127 Å². The molecule has 0 aliphatic carbocycles. The van der Waals surface area contributed by atoms with Gasteiger partial charge in [0.15, 0.2) is 0 Å². The summed E-state index contributed by atoms with van der Waals surface area (Å²) in [6.45, 7) is 7.02. The molecule has 2 unspecified atom stereocenters. The Bertz CT molecular complexity index is 432. The average Bonchev–Trinajstić information content (AvgIpc) is 2.98. The van der Waals surface area contributed by atoms with E-state index in [9.17, 15) is 0 Å². The molecule has 1 fully saturated rings. The summed E-state index contributed by atoms with van der Waals surface area (Å²) in [5.74, 6) is 0. The smallest absolute Gasteiger partial charge is 0.0670 e. The highest BCUT2D eigenvalue weighted by molar-refractivity contribution is 6.33. The predicted molar refractivity (Wildman–Crippen MR) is 85.8 cm³/mol. The second-order valence-corrected chi connectivity index (χ2v) is 5.92. The second kappa shape index (κ2) is 7.30. The molecular weight excluding hydrogens is 272 g/mol.